The third-order valence-electron chi connectivity index (χ3n) is 4.58. The summed E-state index contributed by atoms with van der Waals surface area (Å²) in [5.41, 5.74) is 1.90. The third-order valence-corrected chi connectivity index (χ3v) is 7.67. The Hall–Kier alpha value is -1.54. The van der Waals surface area contributed by atoms with Crippen molar-refractivity contribution in [2.45, 2.75) is 11.5 Å². The smallest absolute Gasteiger partial charge is 0.232 e. The van der Waals surface area contributed by atoms with E-state index in [-0.39, 0.29) is 11.7 Å². The summed E-state index contributed by atoms with van der Waals surface area (Å²) in [5.74, 6) is 1.19. The zero-order valence-corrected chi connectivity index (χ0v) is 17.8. The van der Waals surface area contributed by atoms with Gasteiger partial charge in [0.25, 0.3) is 0 Å². The number of amides is 1. The van der Waals surface area contributed by atoms with Crippen LogP contribution in [0.15, 0.2) is 54.6 Å². The van der Waals surface area contributed by atoms with Crippen LogP contribution in [0.4, 0.5) is 0 Å². The lowest BCUT2D eigenvalue weighted by Gasteiger charge is -2.34. The number of halogens is 1. The van der Waals surface area contributed by atoms with Gasteiger partial charge in [0.2, 0.25) is 15.9 Å². The van der Waals surface area contributed by atoms with Crippen molar-refractivity contribution in [1.82, 2.24) is 9.21 Å². The fourth-order valence-corrected chi connectivity index (χ4v) is 5.55. The van der Waals surface area contributed by atoms with Gasteiger partial charge >= 0.3 is 0 Å². The second-order valence-electron chi connectivity index (χ2n) is 6.64. The highest BCUT2D eigenvalue weighted by atomic mass is 35.5. The summed E-state index contributed by atoms with van der Waals surface area (Å²) in [5, 5.41) is 0.699. The number of hydrogen-bond donors (Lipinski definition) is 0. The van der Waals surface area contributed by atoms with E-state index in [1.54, 1.807) is 16.7 Å². The molecule has 2 aromatic carbocycles. The van der Waals surface area contributed by atoms with Crippen LogP contribution in [-0.4, -0.2) is 55.5 Å². The average Bonchev–Trinajstić information content (AvgIpc) is 2.70. The van der Waals surface area contributed by atoms with E-state index in [4.69, 9.17) is 11.6 Å². The molecule has 8 heteroatoms. The molecule has 5 nitrogen and oxygen atoms in total. The van der Waals surface area contributed by atoms with Crippen LogP contribution in [-0.2, 0) is 26.3 Å². The number of rotatable bonds is 7. The maximum absolute atomic E-state index is 12.6. The zero-order chi connectivity index (χ0) is 20.0. The number of piperazine rings is 1. The van der Waals surface area contributed by atoms with Crippen molar-refractivity contribution in [3.63, 3.8) is 0 Å². The minimum Gasteiger partial charge on any atom is -0.339 e. The Balaban J connectivity index is 1.44. The summed E-state index contributed by atoms with van der Waals surface area (Å²) in [4.78, 5) is 14.2. The zero-order valence-electron chi connectivity index (χ0n) is 15.5. The number of carbonyl (C=O) groups excluding carboxylic acids is 1. The fraction of sp³-hybridized carbons (Fsp3) is 0.350. The van der Waals surface area contributed by atoms with Gasteiger partial charge in [0, 0.05) is 37.0 Å². The van der Waals surface area contributed by atoms with E-state index >= 15 is 0 Å². The summed E-state index contributed by atoms with van der Waals surface area (Å²) in [6, 6.07) is 16.8. The standard InChI is InChI=1S/C20H23ClN2O3S2/c21-19-8-6-17(7-9-19)14-27-15-20(24)22-10-12-23(13-11-22)28(25,26)16-18-4-2-1-3-5-18/h1-9H,10-16H2. The molecule has 1 saturated heterocycles. The van der Waals surface area contributed by atoms with Crippen molar-refractivity contribution < 1.29 is 13.2 Å². The Kier molecular flexibility index (Phi) is 7.40. The van der Waals surface area contributed by atoms with Crippen molar-refractivity contribution in [3.8, 4) is 0 Å². The largest absolute Gasteiger partial charge is 0.339 e. The summed E-state index contributed by atoms with van der Waals surface area (Å²) in [7, 11) is -3.36. The van der Waals surface area contributed by atoms with Crippen molar-refractivity contribution in [3.05, 3.63) is 70.7 Å². The van der Waals surface area contributed by atoms with Crippen molar-refractivity contribution >= 4 is 39.3 Å². The molecule has 1 amide bonds. The minimum absolute atomic E-state index is 0.00126. The molecule has 2 aromatic rings. The average molecular weight is 439 g/mol. The molecular weight excluding hydrogens is 416 g/mol. The van der Waals surface area contributed by atoms with E-state index in [1.807, 2.05) is 54.6 Å². The molecule has 1 aliphatic rings. The first-order valence-electron chi connectivity index (χ1n) is 9.06. The third kappa shape index (κ3) is 5.98. The molecule has 0 saturated carbocycles. The Morgan fingerprint density at radius 1 is 0.929 bits per heavy atom. The summed E-state index contributed by atoms with van der Waals surface area (Å²) >= 11 is 7.43. The Morgan fingerprint density at radius 3 is 2.21 bits per heavy atom. The van der Waals surface area contributed by atoms with E-state index < -0.39 is 10.0 Å². The van der Waals surface area contributed by atoms with Gasteiger partial charge in [0.1, 0.15) is 0 Å². The molecule has 0 N–H and O–H groups in total. The first-order chi connectivity index (χ1) is 13.4. The minimum atomic E-state index is -3.36. The number of carbonyl (C=O) groups is 1. The molecule has 0 aliphatic carbocycles. The van der Waals surface area contributed by atoms with Crippen LogP contribution in [0.5, 0.6) is 0 Å². The van der Waals surface area contributed by atoms with Crippen LogP contribution in [0.1, 0.15) is 11.1 Å². The maximum atomic E-state index is 12.6. The van der Waals surface area contributed by atoms with Crippen LogP contribution < -0.4 is 0 Å². The molecule has 0 radical (unpaired) electrons. The number of sulfonamides is 1. The van der Waals surface area contributed by atoms with E-state index in [0.29, 0.717) is 37.0 Å². The number of thioether (sulfide) groups is 1. The maximum Gasteiger partial charge on any atom is 0.232 e. The molecule has 0 spiro atoms. The van der Waals surface area contributed by atoms with Gasteiger partial charge in [-0.3, -0.25) is 4.79 Å². The lowest BCUT2D eigenvalue weighted by atomic mass is 10.2. The van der Waals surface area contributed by atoms with E-state index in [9.17, 15) is 13.2 Å². The molecule has 0 bridgehead atoms. The van der Waals surface area contributed by atoms with Crippen molar-refractivity contribution in [2.24, 2.45) is 0 Å². The van der Waals surface area contributed by atoms with Crippen molar-refractivity contribution in [1.29, 1.82) is 0 Å². The highest BCUT2D eigenvalue weighted by molar-refractivity contribution is 7.99. The molecular formula is C20H23ClN2O3S2. The molecule has 0 unspecified atom stereocenters. The fourth-order valence-electron chi connectivity index (χ4n) is 3.02. The molecule has 0 atom stereocenters. The molecule has 1 aliphatic heterocycles. The molecule has 0 aromatic heterocycles. The van der Waals surface area contributed by atoms with Gasteiger partial charge in [-0.05, 0) is 23.3 Å². The second-order valence-corrected chi connectivity index (χ2v) is 10.0. The van der Waals surface area contributed by atoms with Crippen molar-refractivity contribution in [2.75, 3.05) is 31.9 Å². The summed E-state index contributed by atoms with van der Waals surface area (Å²) < 4.78 is 26.7. The van der Waals surface area contributed by atoms with Crippen LogP contribution in [0.3, 0.4) is 0 Å². The van der Waals surface area contributed by atoms with Gasteiger partial charge < -0.3 is 4.90 Å². The quantitative estimate of drug-likeness (QED) is 0.665. The Labute approximate surface area is 175 Å². The highest BCUT2D eigenvalue weighted by Gasteiger charge is 2.28. The monoisotopic (exact) mass is 438 g/mol. The van der Waals surface area contributed by atoms with Gasteiger partial charge in [-0.15, -0.1) is 11.8 Å². The number of nitrogens with zero attached hydrogens (tertiary/aromatic N) is 2. The normalized spacial score (nSPS) is 15.5. The van der Waals surface area contributed by atoms with E-state index in [2.05, 4.69) is 0 Å². The first kappa shape index (κ1) is 21.2. The van der Waals surface area contributed by atoms with Gasteiger partial charge in [-0.2, -0.15) is 4.31 Å². The predicted octanol–water partition coefficient (Wildman–Crippen LogP) is 3.25. The van der Waals surface area contributed by atoms with Crippen LogP contribution in [0.2, 0.25) is 5.02 Å². The van der Waals surface area contributed by atoms with E-state index in [0.717, 1.165) is 16.9 Å². The summed E-state index contributed by atoms with van der Waals surface area (Å²) in [6.45, 7) is 1.58. The Bertz CT molecular complexity index is 881. The van der Waals surface area contributed by atoms with Gasteiger partial charge in [-0.1, -0.05) is 54.1 Å². The van der Waals surface area contributed by atoms with Gasteiger partial charge in [0.15, 0.2) is 0 Å². The summed E-state index contributed by atoms with van der Waals surface area (Å²) in [6.07, 6.45) is 0. The van der Waals surface area contributed by atoms with Gasteiger partial charge in [0.05, 0.1) is 11.5 Å². The molecule has 3 rings (SSSR count). The second kappa shape index (κ2) is 9.78. The molecule has 28 heavy (non-hydrogen) atoms. The van der Waals surface area contributed by atoms with E-state index in [1.165, 1.54) is 4.31 Å². The van der Waals surface area contributed by atoms with Crippen LogP contribution >= 0.6 is 23.4 Å². The Morgan fingerprint density at radius 2 is 1.57 bits per heavy atom. The first-order valence-corrected chi connectivity index (χ1v) is 12.2. The lowest BCUT2D eigenvalue weighted by molar-refractivity contribution is -0.129. The molecule has 1 fully saturated rings. The topological polar surface area (TPSA) is 57.7 Å². The van der Waals surface area contributed by atoms with Crippen LogP contribution in [0, 0.1) is 0 Å². The van der Waals surface area contributed by atoms with Gasteiger partial charge in [-0.25, -0.2) is 8.42 Å². The number of hydrogen-bond acceptors (Lipinski definition) is 4. The lowest BCUT2D eigenvalue weighted by Crippen LogP contribution is -2.51. The highest BCUT2D eigenvalue weighted by Crippen LogP contribution is 2.17. The SMILES string of the molecule is O=C(CSCc1ccc(Cl)cc1)N1CCN(S(=O)(=O)Cc2ccccc2)CC1. The van der Waals surface area contributed by atoms with Crippen LogP contribution in [0.25, 0.3) is 0 Å². The predicted molar refractivity (Wildman–Crippen MR) is 115 cm³/mol. The molecule has 150 valence electrons. The molecule has 1 heterocycles. The number of benzene rings is 2.